The smallest absolute Gasteiger partial charge is 0.228 e. The number of hydrogen-bond donors (Lipinski definition) is 2. The molecule has 0 saturated carbocycles. The van der Waals surface area contributed by atoms with Gasteiger partial charge in [0.15, 0.2) is 0 Å². The minimum absolute atomic E-state index is 0.0310. The number of amides is 2. The fourth-order valence-corrected chi connectivity index (χ4v) is 2.60. The van der Waals surface area contributed by atoms with Crippen LogP contribution in [0.3, 0.4) is 0 Å². The standard InChI is InChI=1S/C14H18FN3O3/c15-10-3-1-5-17-11(10)7-13(20)18-6-2-4-14(21,9-18)8-12(16)19/h1,3,5,21H,2,4,6-9H2,(H2,16,19). The average Bonchev–Trinajstić information content (AvgIpc) is 2.40. The van der Waals surface area contributed by atoms with E-state index in [1.807, 2.05) is 0 Å². The van der Waals surface area contributed by atoms with Crippen molar-refractivity contribution < 1.29 is 19.1 Å². The molecule has 0 aromatic carbocycles. The van der Waals surface area contributed by atoms with Gasteiger partial charge in [-0.25, -0.2) is 4.39 Å². The summed E-state index contributed by atoms with van der Waals surface area (Å²) in [6.07, 6.45) is 2.05. The van der Waals surface area contributed by atoms with Crippen molar-refractivity contribution in [2.24, 2.45) is 5.73 Å². The van der Waals surface area contributed by atoms with Crippen molar-refractivity contribution in [1.29, 1.82) is 0 Å². The largest absolute Gasteiger partial charge is 0.388 e. The minimum atomic E-state index is -1.29. The molecule has 1 aromatic rings. The number of pyridine rings is 1. The van der Waals surface area contributed by atoms with E-state index in [-0.39, 0.29) is 31.0 Å². The molecule has 1 atom stereocenters. The molecule has 1 aromatic heterocycles. The number of likely N-dealkylation sites (tertiary alicyclic amines) is 1. The van der Waals surface area contributed by atoms with Crippen LogP contribution in [0.4, 0.5) is 4.39 Å². The van der Waals surface area contributed by atoms with Crippen molar-refractivity contribution in [1.82, 2.24) is 9.88 Å². The molecule has 1 aliphatic heterocycles. The van der Waals surface area contributed by atoms with Crippen LogP contribution in [0.1, 0.15) is 25.0 Å². The predicted octanol–water partition coefficient (Wildman–Crippen LogP) is -0.00790. The molecule has 114 valence electrons. The van der Waals surface area contributed by atoms with E-state index in [1.54, 1.807) is 0 Å². The maximum Gasteiger partial charge on any atom is 0.228 e. The number of primary amides is 1. The highest BCUT2D eigenvalue weighted by Crippen LogP contribution is 2.24. The van der Waals surface area contributed by atoms with E-state index < -0.39 is 17.3 Å². The summed E-state index contributed by atoms with van der Waals surface area (Å²) in [5.74, 6) is -1.46. The molecule has 6 nitrogen and oxygen atoms in total. The number of nitrogens with zero attached hydrogens (tertiary/aromatic N) is 2. The number of nitrogens with two attached hydrogens (primary N) is 1. The summed E-state index contributed by atoms with van der Waals surface area (Å²) in [6.45, 7) is 0.498. The maximum absolute atomic E-state index is 13.5. The van der Waals surface area contributed by atoms with Gasteiger partial charge >= 0.3 is 0 Å². The summed E-state index contributed by atoms with van der Waals surface area (Å²) in [5, 5.41) is 10.3. The van der Waals surface area contributed by atoms with Crippen molar-refractivity contribution in [2.45, 2.75) is 31.3 Å². The minimum Gasteiger partial charge on any atom is -0.388 e. The lowest BCUT2D eigenvalue weighted by Crippen LogP contribution is -2.52. The first-order valence-corrected chi connectivity index (χ1v) is 6.77. The molecule has 0 bridgehead atoms. The first-order valence-electron chi connectivity index (χ1n) is 6.77. The first-order chi connectivity index (χ1) is 9.89. The Bertz CT molecular complexity index is 552. The number of hydrogen-bond acceptors (Lipinski definition) is 4. The third-order valence-corrected chi connectivity index (χ3v) is 3.56. The summed E-state index contributed by atoms with van der Waals surface area (Å²) in [4.78, 5) is 28.4. The van der Waals surface area contributed by atoms with Gasteiger partial charge in [0, 0.05) is 19.3 Å². The van der Waals surface area contributed by atoms with E-state index in [4.69, 9.17) is 5.73 Å². The van der Waals surface area contributed by atoms with Gasteiger partial charge in [-0.15, -0.1) is 0 Å². The van der Waals surface area contributed by atoms with Gasteiger partial charge in [0.1, 0.15) is 5.82 Å². The summed E-state index contributed by atoms with van der Waals surface area (Å²) in [5.41, 5.74) is 3.90. The van der Waals surface area contributed by atoms with Gasteiger partial charge in [-0.05, 0) is 25.0 Å². The summed E-state index contributed by atoms with van der Waals surface area (Å²) < 4.78 is 13.5. The average molecular weight is 295 g/mol. The highest BCUT2D eigenvalue weighted by molar-refractivity contribution is 5.79. The molecule has 0 radical (unpaired) electrons. The second-order valence-corrected chi connectivity index (χ2v) is 5.39. The number of aliphatic hydroxyl groups is 1. The Hall–Kier alpha value is -2.02. The van der Waals surface area contributed by atoms with Crippen LogP contribution in [0.5, 0.6) is 0 Å². The van der Waals surface area contributed by atoms with Crippen molar-refractivity contribution in [3.63, 3.8) is 0 Å². The molecule has 2 heterocycles. The number of carbonyl (C=O) groups excluding carboxylic acids is 2. The van der Waals surface area contributed by atoms with E-state index in [0.717, 1.165) is 0 Å². The molecule has 1 fully saturated rings. The summed E-state index contributed by atoms with van der Waals surface area (Å²) in [6, 6.07) is 2.70. The van der Waals surface area contributed by atoms with Gasteiger partial charge in [-0.1, -0.05) is 0 Å². The highest BCUT2D eigenvalue weighted by atomic mass is 19.1. The summed E-state index contributed by atoms with van der Waals surface area (Å²) >= 11 is 0. The third-order valence-electron chi connectivity index (χ3n) is 3.56. The SMILES string of the molecule is NC(=O)CC1(O)CCCN(C(=O)Cc2ncccc2F)C1. The van der Waals surface area contributed by atoms with E-state index in [9.17, 15) is 19.1 Å². The molecule has 21 heavy (non-hydrogen) atoms. The Morgan fingerprint density at radius 2 is 2.29 bits per heavy atom. The van der Waals surface area contributed by atoms with Crippen molar-refractivity contribution in [3.05, 3.63) is 29.8 Å². The molecule has 2 amide bonds. The number of halogens is 1. The number of β-amino-alcohol motifs (C(OH)–C–C–N with tert-alkyl or cyclic N) is 1. The normalized spacial score (nSPS) is 22.1. The zero-order valence-corrected chi connectivity index (χ0v) is 11.6. The Kier molecular flexibility index (Phi) is 4.52. The second kappa shape index (κ2) is 6.17. The molecule has 1 aliphatic rings. The molecule has 0 aliphatic carbocycles. The number of piperidine rings is 1. The topological polar surface area (TPSA) is 96.5 Å². The van der Waals surface area contributed by atoms with E-state index in [0.29, 0.717) is 19.4 Å². The Morgan fingerprint density at radius 3 is 2.95 bits per heavy atom. The molecule has 1 saturated heterocycles. The molecule has 3 N–H and O–H groups in total. The van der Waals surface area contributed by atoms with Gasteiger partial charge in [0.05, 0.1) is 24.1 Å². The van der Waals surface area contributed by atoms with Crippen LogP contribution in [-0.2, 0) is 16.0 Å². The molecule has 1 unspecified atom stereocenters. The van der Waals surface area contributed by atoms with Crippen LogP contribution < -0.4 is 5.73 Å². The number of carbonyl (C=O) groups is 2. The molecule has 0 spiro atoms. The van der Waals surface area contributed by atoms with Crippen LogP contribution in [0.2, 0.25) is 0 Å². The van der Waals surface area contributed by atoms with Crippen LogP contribution in [0.15, 0.2) is 18.3 Å². The maximum atomic E-state index is 13.5. The van der Waals surface area contributed by atoms with E-state index in [2.05, 4.69) is 4.98 Å². The fraction of sp³-hybridized carbons (Fsp3) is 0.500. The highest BCUT2D eigenvalue weighted by Gasteiger charge is 2.36. The lowest BCUT2D eigenvalue weighted by molar-refractivity contribution is -0.141. The van der Waals surface area contributed by atoms with Crippen LogP contribution in [-0.4, -0.2) is 45.5 Å². The zero-order chi connectivity index (χ0) is 15.5. The molecular formula is C14H18FN3O3. The van der Waals surface area contributed by atoms with Gasteiger partial charge in [0.25, 0.3) is 0 Å². The van der Waals surface area contributed by atoms with Crippen molar-refractivity contribution >= 4 is 11.8 Å². The fourth-order valence-electron chi connectivity index (χ4n) is 2.60. The quantitative estimate of drug-likeness (QED) is 0.816. The van der Waals surface area contributed by atoms with Crippen LogP contribution >= 0.6 is 0 Å². The van der Waals surface area contributed by atoms with Gasteiger partial charge in [-0.3, -0.25) is 14.6 Å². The zero-order valence-electron chi connectivity index (χ0n) is 11.6. The summed E-state index contributed by atoms with van der Waals surface area (Å²) in [7, 11) is 0. The van der Waals surface area contributed by atoms with Crippen molar-refractivity contribution in [3.8, 4) is 0 Å². The lowest BCUT2D eigenvalue weighted by atomic mass is 9.89. The monoisotopic (exact) mass is 295 g/mol. The van der Waals surface area contributed by atoms with Crippen LogP contribution in [0, 0.1) is 5.82 Å². The van der Waals surface area contributed by atoms with Crippen LogP contribution in [0.25, 0.3) is 0 Å². The molecule has 7 heteroatoms. The molecular weight excluding hydrogens is 277 g/mol. The van der Waals surface area contributed by atoms with E-state index in [1.165, 1.54) is 23.2 Å². The number of rotatable bonds is 4. The Balaban J connectivity index is 2.02. The van der Waals surface area contributed by atoms with Gasteiger partial charge in [0.2, 0.25) is 11.8 Å². The Morgan fingerprint density at radius 1 is 1.52 bits per heavy atom. The van der Waals surface area contributed by atoms with Gasteiger partial charge < -0.3 is 15.7 Å². The second-order valence-electron chi connectivity index (χ2n) is 5.39. The Labute approximate surface area is 121 Å². The lowest BCUT2D eigenvalue weighted by Gasteiger charge is -2.38. The van der Waals surface area contributed by atoms with Gasteiger partial charge in [-0.2, -0.15) is 0 Å². The van der Waals surface area contributed by atoms with Crippen molar-refractivity contribution in [2.75, 3.05) is 13.1 Å². The number of aromatic nitrogens is 1. The molecule has 2 rings (SSSR count). The third kappa shape index (κ3) is 3.98. The first kappa shape index (κ1) is 15.4. The predicted molar refractivity (Wildman–Crippen MR) is 72.5 cm³/mol. The van der Waals surface area contributed by atoms with E-state index >= 15 is 0 Å².